The van der Waals surface area contributed by atoms with Crippen LogP contribution in [0.25, 0.3) is 45.5 Å². The van der Waals surface area contributed by atoms with Gasteiger partial charge in [-0.15, -0.1) is 0 Å². The molecule has 0 radical (unpaired) electrons. The van der Waals surface area contributed by atoms with E-state index in [0.717, 1.165) is 0 Å². The minimum absolute atomic E-state index is 0.113. The zero-order valence-electron chi connectivity index (χ0n) is 35.7. The molecule has 0 spiro atoms. The Morgan fingerprint density at radius 3 is 1.43 bits per heavy atom. The van der Waals surface area contributed by atoms with Crippen molar-refractivity contribution in [1.82, 2.24) is 0 Å². The van der Waals surface area contributed by atoms with Crippen LogP contribution in [0.3, 0.4) is 0 Å². The number of benzene rings is 6. The first-order chi connectivity index (χ1) is 27.6. The fourth-order valence-corrected chi connectivity index (χ4v) is 39.7. The van der Waals surface area contributed by atoms with Crippen molar-refractivity contribution < 1.29 is 16.4 Å². The minimum atomic E-state index is -5.67. The predicted molar refractivity (Wildman–Crippen MR) is 254 cm³/mol. The zero-order chi connectivity index (χ0) is 41.0. The van der Waals surface area contributed by atoms with E-state index >= 15 is 0 Å². The molecule has 3 aliphatic rings. The van der Waals surface area contributed by atoms with Crippen molar-refractivity contribution in [2.24, 2.45) is 11.8 Å². The average molecular weight is 894 g/mol. The number of aryl methyl sites for hydroxylation is 6. The van der Waals surface area contributed by atoms with E-state index in [-0.39, 0.29) is 19.1 Å². The summed E-state index contributed by atoms with van der Waals surface area (Å²) in [6.07, 6.45) is 5.06. The topological polar surface area (TPSA) is 0 Å². The van der Waals surface area contributed by atoms with Gasteiger partial charge in [-0.2, -0.15) is 0 Å². The summed E-state index contributed by atoms with van der Waals surface area (Å²) < 4.78 is 1.07. The Morgan fingerprint density at radius 1 is 0.517 bits per heavy atom. The zero-order valence-corrected chi connectivity index (χ0v) is 41.1. The third-order valence-electron chi connectivity index (χ3n) is 13.7. The van der Waals surface area contributed by atoms with Crippen molar-refractivity contribution >= 4 is 52.3 Å². The van der Waals surface area contributed by atoms with E-state index in [4.69, 9.17) is 0 Å². The van der Waals surface area contributed by atoms with E-state index in [9.17, 15) is 17.0 Å². The summed E-state index contributed by atoms with van der Waals surface area (Å²) in [4.78, 5) is 0. The van der Waals surface area contributed by atoms with E-state index in [1.165, 1.54) is 114 Å². The van der Waals surface area contributed by atoms with Crippen LogP contribution >= 0.6 is 17.0 Å². The maximum absolute atomic E-state index is 9.39. The van der Waals surface area contributed by atoms with Gasteiger partial charge >= 0.3 is 360 Å². The van der Waals surface area contributed by atoms with E-state index in [0.29, 0.717) is 0 Å². The Balaban J connectivity index is 1.40. The summed E-state index contributed by atoms with van der Waals surface area (Å²) in [7, 11) is 17.9. The molecule has 0 amide bonds. The molecular weight excluding hydrogens is 839 g/mol. The van der Waals surface area contributed by atoms with E-state index in [1.807, 2.05) is 0 Å². The molecule has 2 unspecified atom stereocenters. The Morgan fingerprint density at radius 2 is 0.966 bits per heavy atom. The second kappa shape index (κ2) is 14.3. The molecule has 6 aromatic rings. The normalized spacial score (nSPS) is 17.9. The van der Waals surface area contributed by atoms with E-state index < -0.39 is 25.9 Å². The molecule has 0 fully saturated rings. The average Bonchev–Trinajstić information content (AvgIpc) is 3.87. The standard InChI is InChI=1S/2C21H23.C12H9Si.2ClH.Zr/c2*1-13(2)18-11-17-7-6-16(5)21(20(17)12-18)19-9-14(3)8-15(4)10-19;1-3-7-11-9(5-1)10-6-2-4-8-12(10)13-11;;;/h2*6-13H,1-5H3;1-7H,13H2;2*1H;/q;;;;;+2/p-2. The Bertz CT molecular complexity index is 2600. The summed E-state index contributed by atoms with van der Waals surface area (Å²) in [5, 5.41) is 2.96. The number of hydrogen-bond donors (Lipinski definition) is 0. The van der Waals surface area contributed by atoms with Crippen LogP contribution in [-0.4, -0.2) is 9.52 Å². The Labute approximate surface area is 357 Å². The molecule has 6 aromatic carbocycles. The molecule has 0 bridgehead atoms. The fourth-order valence-electron chi connectivity index (χ4n) is 11.4. The molecule has 0 nitrogen and oxygen atoms in total. The van der Waals surface area contributed by atoms with Crippen LogP contribution in [0.1, 0.15) is 90.6 Å². The molecule has 2 aliphatic carbocycles. The van der Waals surface area contributed by atoms with Crippen LogP contribution in [0, 0.1) is 53.4 Å². The Kier molecular flexibility index (Phi) is 9.84. The second-order valence-electron chi connectivity index (χ2n) is 18.6. The van der Waals surface area contributed by atoms with E-state index in [1.54, 1.807) is 0 Å². The summed E-state index contributed by atoms with van der Waals surface area (Å²) in [5.74, 6) is 0.495. The van der Waals surface area contributed by atoms with Gasteiger partial charge in [0.05, 0.1) is 0 Å². The van der Waals surface area contributed by atoms with Crippen LogP contribution in [-0.2, 0) is 16.4 Å². The second-order valence-corrected chi connectivity index (χ2v) is 41.0. The van der Waals surface area contributed by atoms with Crippen molar-refractivity contribution in [1.29, 1.82) is 0 Å². The van der Waals surface area contributed by atoms with Crippen molar-refractivity contribution in [3.63, 3.8) is 0 Å². The first kappa shape index (κ1) is 39.9. The molecule has 0 N–H and O–H groups in total. The molecule has 0 aromatic heterocycles. The molecule has 2 atom stereocenters. The SMILES string of the molecule is Cc1cc(C)cc(-c2c(C)ccc3c2C=C(C(C)C)[CH]3[Zr]([Cl])([Cl])([c]2cccc3c2[SiH2]c2ccccc2-3)[CH]2C(C(C)C)=Cc3c2ccc(C)c3-c2cc(C)cc(C)c2)c1. The van der Waals surface area contributed by atoms with Crippen LogP contribution in [0.4, 0.5) is 0 Å². The maximum atomic E-state index is 9.39. The quantitative estimate of drug-likeness (QED) is 0.140. The van der Waals surface area contributed by atoms with Crippen LogP contribution < -0.4 is 13.6 Å². The molecular formula is C54H55Cl2SiZr. The molecule has 293 valence electrons. The Hall–Kier alpha value is -3.52. The number of rotatable bonds is 7. The molecule has 1 heterocycles. The van der Waals surface area contributed by atoms with Gasteiger partial charge in [-0.25, -0.2) is 0 Å². The van der Waals surface area contributed by atoms with Gasteiger partial charge in [-0.3, -0.25) is 0 Å². The van der Waals surface area contributed by atoms with Crippen LogP contribution in [0.2, 0.25) is 0 Å². The van der Waals surface area contributed by atoms with Gasteiger partial charge in [-0.1, -0.05) is 0 Å². The predicted octanol–water partition coefficient (Wildman–Crippen LogP) is 13.2. The number of hydrogen-bond acceptors (Lipinski definition) is 0. The summed E-state index contributed by atoms with van der Waals surface area (Å²) >= 11 is -5.67. The van der Waals surface area contributed by atoms with Crippen molar-refractivity contribution in [2.45, 2.75) is 76.5 Å². The number of halogens is 2. The van der Waals surface area contributed by atoms with Crippen LogP contribution in [0.5, 0.6) is 0 Å². The molecule has 58 heavy (non-hydrogen) atoms. The van der Waals surface area contributed by atoms with Gasteiger partial charge in [0.1, 0.15) is 0 Å². The molecule has 9 rings (SSSR count). The van der Waals surface area contributed by atoms with Gasteiger partial charge in [0, 0.05) is 0 Å². The summed E-state index contributed by atoms with van der Waals surface area (Å²) in [6.45, 7) is 22.8. The van der Waals surface area contributed by atoms with Gasteiger partial charge in [0.25, 0.3) is 0 Å². The third-order valence-corrected chi connectivity index (χ3v) is 36.3. The van der Waals surface area contributed by atoms with Crippen molar-refractivity contribution in [2.75, 3.05) is 0 Å². The van der Waals surface area contributed by atoms with Gasteiger partial charge in [-0.05, 0) is 0 Å². The first-order valence-corrected chi connectivity index (χ1v) is 33.0. The number of allylic oxidation sites excluding steroid dienone is 2. The first-order valence-electron chi connectivity index (χ1n) is 21.2. The molecule has 4 heteroatoms. The summed E-state index contributed by atoms with van der Waals surface area (Å²) in [6, 6.07) is 39.6. The molecule has 1 aliphatic heterocycles. The third kappa shape index (κ3) is 6.06. The van der Waals surface area contributed by atoms with Crippen molar-refractivity contribution in [3.8, 4) is 33.4 Å². The monoisotopic (exact) mass is 891 g/mol. The fraction of sp³-hybridized carbons (Fsp3) is 0.259. The van der Waals surface area contributed by atoms with Gasteiger partial charge < -0.3 is 0 Å². The molecule has 0 saturated carbocycles. The van der Waals surface area contributed by atoms with Gasteiger partial charge in [0.2, 0.25) is 0 Å². The van der Waals surface area contributed by atoms with Crippen molar-refractivity contribution in [3.05, 3.63) is 170 Å². The van der Waals surface area contributed by atoms with Gasteiger partial charge in [0.15, 0.2) is 0 Å². The number of fused-ring (bicyclic) bond motifs is 5. The van der Waals surface area contributed by atoms with E-state index in [2.05, 4.69) is 185 Å². The molecule has 0 saturated heterocycles. The summed E-state index contributed by atoms with van der Waals surface area (Å²) in [5.41, 5.74) is 23.6. The van der Waals surface area contributed by atoms with Crippen LogP contribution in [0.15, 0.2) is 114 Å².